The van der Waals surface area contributed by atoms with E-state index in [4.69, 9.17) is 14.2 Å². The zero-order valence-corrected chi connectivity index (χ0v) is 11.9. The third kappa shape index (κ3) is 10.3. The molecule has 0 aromatic carbocycles. The molecule has 0 saturated heterocycles. The Kier molecular flexibility index (Phi) is 7.39. The topological polar surface area (TPSA) is 44.8 Å². The SMILES string of the molecule is CCC(=O)OCC(C)OCC(C)OC(C)(C)C. The molecule has 17 heavy (non-hydrogen) atoms. The molecule has 0 radical (unpaired) electrons. The second-order valence-electron chi connectivity index (χ2n) is 5.22. The van der Waals surface area contributed by atoms with Crippen LogP contribution in [0.1, 0.15) is 48.0 Å². The van der Waals surface area contributed by atoms with Crippen LogP contribution >= 0.6 is 0 Å². The summed E-state index contributed by atoms with van der Waals surface area (Å²) in [5.41, 5.74) is -0.166. The summed E-state index contributed by atoms with van der Waals surface area (Å²) in [6.45, 7) is 12.5. The maximum Gasteiger partial charge on any atom is 0.305 e. The van der Waals surface area contributed by atoms with E-state index in [1.807, 2.05) is 34.6 Å². The summed E-state index contributed by atoms with van der Waals surface area (Å²) in [7, 11) is 0. The zero-order valence-electron chi connectivity index (χ0n) is 11.9. The number of rotatable bonds is 7. The summed E-state index contributed by atoms with van der Waals surface area (Å²) in [5, 5.41) is 0. The monoisotopic (exact) mass is 246 g/mol. The molecule has 0 rings (SSSR count). The van der Waals surface area contributed by atoms with Crippen LogP contribution in [0.5, 0.6) is 0 Å². The van der Waals surface area contributed by atoms with Gasteiger partial charge in [0.2, 0.25) is 0 Å². The minimum Gasteiger partial charge on any atom is -0.463 e. The lowest BCUT2D eigenvalue weighted by Crippen LogP contribution is -2.30. The summed E-state index contributed by atoms with van der Waals surface area (Å²) in [6.07, 6.45) is 0.326. The molecule has 0 aliphatic carbocycles. The highest BCUT2D eigenvalue weighted by Crippen LogP contribution is 2.11. The van der Waals surface area contributed by atoms with Crippen molar-refractivity contribution in [1.29, 1.82) is 0 Å². The number of carbonyl (C=O) groups is 1. The van der Waals surface area contributed by atoms with Gasteiger partial charge in [0, 0.05) is 6.42 Å². The molecule has 0 aliphatic rings. The fourth-order valence-electron chi connectivity index (χ4n) is 1.30. The van der Waals surface area contributed by atoms with Gasteiger partial charge in [-0.15, -0.1) is 0 Å². The van der Waals surface area contributed by atoms with Gasteiger partial charge in [-0.2, -0.15) is 0 Å². The van der Waals surface area contributed by atoms with Crippen molar-refractivity contribution in [2.45, 2.75) is 65.8 Å². The van der Waals surface area contributed by atoms with Gasteiger partial charge < -0.3 is 14.2 Å². The molecule has 4 nitrogen and oxygen atoms in total. The van der Waals surface area contributed by atoms with Gasteiger partial charge in [0.15, 0.2) is 0 Å². The molecule has 102 valence electrons. The highest BCUT2D eigenvalue weighted by atomic mass is 16.6. The molecule has 0 saturated carbocycles. The molecule has 0 spiro atoms. The first-order valence-corrected chi connectivity index (χ1v) is 6.19. The molecule has 0 aliphatic heterocycles. The normalized spacial score (nSPS) is 15.4. The predicted octanol–water partition coefficient (Wildman–Crippen LogP) is 2.55. The standard InChI is InChI=1S/C13H26O4/c1-7-12(14)16-8-10(2)15-9-11(3)17-13(4,5)6/h10-11H,7-9H2,1-6H3. The molecule has 0 aromatic heterocycles. The van der Waals surface area contributed by atoms with E-state index in [1.165, 1.54) is 0 Å². The molecule has 0 fully saturated rings. The Labute approximate surface area is 105 Å². The van der Waals surface area contributed by atoms with Crippen LogP contribution in [0.2, 0.25) is 0 Å². The number of ether oxygens (including phenoxy) is 3. The summed E-state index contributed by atoms with van der Waals surface area (Å²) in [6, 6.07) is 0. The molecule has 4 heteroatoms. The van der Waals surface area contributed by atoms with Gasteiger partial charge in [-0.1, -0.05) is 6.92 Å². The number of hydrogen-bond acceptors (Lipinski definition) is 4. The van der Waals surface area contributed by atoms with Crippen molar-refractivity contribution < 1.29 is 19.0 Å². The minimum absolute atomic E-state index is 0.0272. The Hall–Kier alpha value is -0.610. The first-order chi connectivity index (χ1) is 7.74. The lowest BCUT2D eigenvalue weighted by molar-refractivity contribution is -0.149. The van der Waals surface area contributed by atoms with Crippen LogP contribution in [0.15, 0.2) is 0 Å². The van der Waals surface area contributed by atoms with Crippen molar-refractivity contribution in [1.82, 2.24) is 0 Å². The Morgan fingerprint density at radius 2 is 1.71 bits per heavy atom. The largest absolute Gasteiger partial charge is 0.463 e. The summed E-state index contributed by atoms with van der Waals surface area (Å²) in [5.74, 6) is -0.195. The highest BCUT2D eigenvalue weighted by Gasteiger charge is 2.16. The molecule has 0 amide bonds. The van der Waals surface area contributed by atoms with Crippen LogP contribution in [0.3, 0.4) is 0 Å². The van der Waals surface area contributed by atoms with Crippen LogP contribution in [-0.4, -0.2) is 37.0 Å². The van der Waals surface area contributed by atoms with E-state index >= 15 is 0 Å². The third-order valence-corrected chi connectivity index (χ3v) is 1.94. The van der Waals surface area contributed by atoms with Gasteiger partial charge in [0.05, 0.1) is 24.4 Å². The van der Waals surface area contributed by atoms with E-state index in [0.717, 1.165) is 0 Å². The van der Waals surface area contributed by atoms with Crippen molar-refractivity contribution in [3.8, 4) is 0 Å². The first kappa shape index (κ1) is 16.4. The van der Waals surface area contributed by atoms with E-state index in [1.54, 1.807) is 6.92 Å². The molecular formula is C13H26O4. The zero-order chi connectivity index (χ0) is 13.5. The Balaban J connectivity index is 3.69. The highest BCUT2D eigenvalue weighted by molar-refractivity contribution is 5.68. The van der Waals surface area contributed by atoms with Crippen molar-refractivity contribution in [3.05, 3.63) is 0 Å². The molecule has 2 unspecified atom stereocenters. The van der Waals surface area contributed by atoms with E-state index in [0.29, 0.717) is 19.6 Å². The van der Waals surface area contributed by atoms with Gasteiger partial charge in [-0.25, -0.2) is 0 Å². The van der Waals surface area contributed by atoms with Crippen LogP contribution in [0.25, 0.3) is 0 Å². The van der Waals surface area contributed by atoms with Gasteiger partial charge in [0.1, 0.15) is 6.61 Å². The van der Waals surface area contributed by atoms with Crippen LogP contribution in [0.4, 0.5) is 0 Å². The van der Waals surface area contributed by atoms with Gasteiger partial charge >= 0.3 is 5.97 Å². The fraction of sp³-hybridized carbons (Fsp3) is 0.923. The van der Waals surface area contributed by atoms with Crippen LogP contribution < -0.4 is 0 Å². The predicted molar refractivity (Wildman–Crippen MR) is 67.0 cm³/mol. The molecule has 2 atom stereocenters. The summed E-state index contributed by atoms with van der Waals surface area (Å²) < 4.78 is 16.2. The van der Waals surface area contributed by atoms with Gasteiger partial charge in [-0.05, 0) is 34.6 Å². The van der Waals surface area contributed by atoms with Crippen molar-refractivity contribution in [2.24, 2.45) is 0 Å². The minimum atomic E-state index is -0.195. The average Bonchev–Trinajstić information content (AvgIpc) is 2.20. The lowest BCUT2D eigenvalue weighted by Gasteiger charge is -2.26. The molecule has 0 heterocycles. The number of esters is 1. The van der Waals surface area contributed by atoms with Crippen LogP contribution in [-0.2, 0) is 19.0 Å². The maximum atomic E-state index is 10.9. The lowest BCUT2D eigenvalue weighted by atomic mass is 10.2. The van der Waals surface area contributed by atoms with Crippen molar-refractivity contribution in [2.75, 3.05) is 13.2 Å². The number of carbonyl (C=O) groups excluding carboxylic acids is 1. The first-order valence-electron chi connectivity index (χ1n) is 6.19. The average molecular weight is 246 g/mol. The second-order valence-corrected chi connectivity index (χ2v) is 5.22. The fourth-order valence-corrected chi connectivity index (χ4v) is 1.30. The molecule has 0 aromatic rings. The smallest absolute Gasteiger partial charge is 0.305 e. The molecule has 0 N–H and O–H groups in total. The Bertz CT molecular complexity index is 220. The quantitative estimate of drug-likeness (QED) is 0.648. The van der Waals surface area contributed by atoms with Crippen molar-refractivity contribution >= 4 is 5.97 Å². The van der Waals surface area contributed by atoms with Crippen LogP contribution in [0, 0.1) is 0 Å². The Morgan fingerprint density at radius 3 is 2.18 bits per heavy atom. The summed E-state index contributed by atoms with van der Waals surface area (Å²) in [4.78, 5) is 10.9. The van der Waals surface area contributed by atoms with E-state index < -0.39 is 0 Å². The van der Waals surface area contributed by atoms with Crippen molar-refractivity contribution in [3.63, 3.8) is 0 Å². The maximum absolute atomic E-state index is 10.9. The Morgan fingerprint density at radius 1 is 1.12 bits per heavy atom. The second kappa shape index (κ2) is 7.67. The van der Waals surface area contributed by atoms with Gasteiger partial charge in [-0.3, -0.25) is 4.79 Å². The van der Waals surface area contributed by atoms with Gasteiger partial charge in [0.25, 0.3) is 0 Å². The van der Waals surface area contributed by atoms with E-state index in [2.05, 4.69) is 0 Å². The third-order valence-electron chi connectivity index (χ3n) is 1.94. The number of hydrogen-bond donors (Lipinski definition) is 0. The molecular weight excluding hydrogens is 220 g/mol. The van der Waals surface area contributed by atoms with E-state index in [-0.39, 0.29) is 23.8 Å². The molecule has 0 bridgehead atoms. The summed E-state index contributed by atoms with van der Waals surface area (Å²) >= 11 is 0. The van der Waals surface area contributed by atoms with E-state index in [9.17, 15) is 4.79 Å².